The van der Waals surface area contributed by atoms with Crippen molar-refractivity contribution in [3.05, 3.63) is 103 Å². The minimum absolute atomic E-state index is 0.348. The molecular formula is C26H24N4O3. The second kappa shape index (κ2) is 10.9. The summed E-state index contributed by atoms with van der Waals surface area (Å²) < 4.78 is 5.83. The standard InChI is InChI=1S/C26H24N4O3/c31-26(32)24(16-20-4-2-1-3-5-20)30-25-17-23(28-18-29-25)21-6-8-22(9-7-21)33-15-12-19-10-13-27-14-11-19/h1-11,13-14,17-18,24H,12,15-16H2,(H,31,32)(H,28,29,30). The first-order valence-corrected chi connectivity index (χ1v) is 10.6. The summed E-state index contributed by atoms with van der Waals surface area (Å²) in [5.41, 5.74) is 3.69. The maximum atomic E-state index is 11.8. The maximum absolute atomic E-state index is 11.8. The van der Waals surface area contributed by atoms with E-state index in [-0.39, 0.29) is 0 Å². The molecule has 0 amide bonds. The zero-order valence-electron chi connectivity index (χ0n) is 18.0. The van der Waals surface area contributed by atoms with Crippen molar-refractivity contribution in [2.45, 2.75) is 18.9 Å². The lowest BCUT2D eigenvalue weighted by molar-refractivity contribution is -0.137. The van der Waals surface area contributed by atoms with Gasteiger partial charge in [0, 0.05) is 36.9 Å². The number of aromatic nitrogens is 3. The smallest absolute Gasteiger partial charge is 0.326 e. The van der Waals surface area contributed by atoms with E-state index in [1.165, 1.54) is 11.9 Å². The molecule has 2 N–H and O–H groups in total. The van der Waals surface area contributed by atoms with Gasteiger partial charge in [-0.25, -0.2) is 14.8 Å². The molecule has 0 aliphatic carbocycles. The highest BCUT2D eigenvalue weighted by Crippen LogP contribution is 2.22. The molecule has 0 radical (unpaired) electrons. The Morgan fingerprint density at radius 2 is 1.70 bits per heavy atom. The van der Waals surface area contributed by atoms with Crippen LogP contribution in [0.15, 0.2) is 91.5 Å². The van der Waals surface area contributed by atoms with E-state index in [4.69, 9.17) is 4.74 Å². The summed E-state index contributed by atoms with van der Waals surface area (Å²) in [6.45, 7) is 0.572. The van der Waals surface area contributed by atoms with E-state index in [1.807, 2.05) is 66.7 Å². The molecule has 0 fully saturated rings. The molecule has 2 aromatic heterocycles. The fraction of sp³-hybridized carbons (Fsp3) is 0.154. The molecule has 2 heterocycles. The number of nitrogens with zero attached hydrogens (tertiary/aromatic N) is 3. The van der Waals surface area contributed by atoms with Gasteiger partial charge in [0.1, 0.15) is 23.9 Å². The molecule has 1 unspecified atom stereocenters. The van der Waals surface area contributed by atoms with Crippen LogP contribution in [0.5, 0.6) is 5.75 Å². The highest BCUT2D eigenvalue weighted by atomic mass is 16.5. The molecule has 0 saturated carbocycles. The second-order valence-electron chi connectivity index (χ2n) is 7.49. The average Bonchev–Trinajstić information content (AvgIpc) is 2.85. The number of ether oxygens (including phenoxy) is 1. The quantitative estimate of drug-likeness (QED) is 0.380. The van der Waals surface area contributed by atoms with E-state index < -0.39 is 12.0 Å². The van der Waals surface area contributed by atoms with Crippen molar-refractivity contribution in [1.29, 1.82) is 0 Å². The van der Waals surface area contributed by atoms with Gasteiger partial charge >= 0.3 is 5.97 Å². The van der Waals surface area contributed by atoms with Gasteiger partial charge in [0.2, 0.25) is 0 Å². The van der Waals surface area contributed by atoms with E-state index in [0.717, 1.165) is 23.3 Å². The Morgan fingerprint density at radius 3 is 2.42 bits per heavy atom. The highest BCUT2D eigenvalue weighted by molar-refractivity contribution is 5.77. The lowest BCUT2D eigenvalue weighted by atomic mass is 10.1. The van der Waals surface area contributed by atoms with Crippen molar-refractivity contribution in [2.24, 2.45) is 0 Å². The van der Waals surface area contributed by atoms with Crippen molar-refractivity contribution in [3.63, 3.8) is 0 Å². The van der Waals surface area contributed by atoms with Crippen LogP contribution in [0.3, 0.4) is 0 Å². The predicted octanol–water partition coefficient (Wildman–Crippen LogP) is 4.27. The number of rotatable bonds is 10. The molecule has 0 aliphatic heterocycles. The van der Waals surface area contributed by atoms with Crippen molar-refractivity contribution < 1.29 is 14.6 Å². The van der Waals surface area contributed by atoms with E-state index in [0.29, 0.717) is 24.5 Å². The van der Waals surface area contributed by atoms with Crippen LogP contribution >= 0.6 is 0 Å². The lowest BCUT2D eigenvalue weighted by Gasteiger charge is -2.15. The van der Waals surface area contributed by atoms with Gasteiger partial charge in [-0.05, 0) is 47.5 Å². The predicted molar refractivity (Wildman–Crippen MR) is 126 cm³/mol. The number of hydrogen-bond acceptors (Lipinski definition) is 6. The van der Waals surface area contributed by atoms with Crippen LogP contribution in [-0.2, 0) is 17.6 Å². The largest absolute Gasteiger partial charge is 0.493 e. The molecule has 0 spiro atoms. The maximum Gasteiger partial charge on any atom is 0.326 e. The van der Waals surface area contributed by atoms with Gasteiger partial charge in [0.05, 0.1) is 12.3 Å². The number of carboxylic acid groups (broad SMARTS) is 1. The molecule has 0 aliphatic rings. The van der Waals surface area contributed by atoms with Gasteiger partial charge in [0.25, 0.3) is 0 Å². The van der Waals surface area contributed by atoms with Gasteiger partial charge in [-0.1, -0.05) is 30.3 Å². The van der Waals surface area contributed by atoms with Crippen LogP contribution in [0.25, 0.3) is 11.3 Å². The zero-order chi connectivity index (χ0) is 22.9. The van der Waals surface area contributed by atoms with Crippen LogP contribution < -0.4 is 10.1 Å². The van der Waals surface area contributed by atoms with Gasteiger partial charge in [-0.3, -0.25) is 4.98 Å². The SMILES string of the molecule is O=C(O)C(Cc1ccccc1)Nc1cc(-c2ccc(OCCc3ccncc3)cc2)ncn1. The molecule has 0 bridgehead atoms. The summed E-state index contributed by atoms with van der Waals surface area (Å²) in [6, 6.07) is 22.0. The highest BCUT2D eigenvalue weighted by Gasteiger charge is 2.18. The Hall–Kier alpha value is -4.26. The molecule has 7 heteroatoms. The summed E-state index contributed by atoms with van der Waals surface area (Å²) in [5, 5.41) is 12.6. The van der Waals surface area contributed by atoms with Crippen LogP contribution in [-0.4, -0.2) is 38.7 Å². The lowest BCUT2D eigenvalue weighted by Crippen LogP contribution is -2.31. The molecule has 4 rings (SSSR count). The molecule has 166 valence electrons. The fourth-order valence-corrected chi connectivity index (χ4v) is 3.38. The minimum atomic E-state index is -0.938. The van der Waals surface area contributed by atoms with Gasteiger partial charge in [0.15, 0.2) is 0 Å². The Labute approximate surface area is 192 Å². The summed E-state index contributed by atoms with van der Waals surface area (Å²) in [6.07, 6.45) is 6.13. The Morgan fingerprint density at radius 1 is 0.939 bits per heavy atom. The number of carbonyl (C=O) groups is 1. The number of aliphatic carboxylic acids is 1. The Balaban J connectivity index is 1.38. The normalized spacial score (nSPS) is 11.5. The van der Waals surface area contributed by atoms with Gasteiger partial charge in [-0.2, -0.15) is 0 Å². The van der Waals surface area contributed by atoms with E-state index >= 15 is 0 Å². The summed E-state index contributed by atoms with van der Waals surface area (Å²) in [7, 11) is 0. The monoisotopic (exact) mass is 440 g/mol. The van der Waals surface area contributed by atoms with Crippen LogP contribution in [0.1, 0.15) is 11.1 Å². The molecule has 7 nitrogen and oxygen atoms in total. The number of pyridine rings is 1. The number of carboxylic acids is 1. The van der Waals surface area contributed by atoms with E-state index in [1.54, 1.807) is 18.5 Å². The van der Waals surface area contributed by atoms with Crippen molar-refractivity contribution >= 4 is 11.8 Å². The third-order valence-corrected chi connectivity index (χ3v) is 5.13. The second-order valence-corrected chi connectivity index (χ2v) is 7.49. The van der Waals surface area contributed by atoms with Gasteiger partial charge < -0.3 is 15.2 Å². The van der Waals surface area contributed by atoms with Crippen LogP contribution in [0, 0.1) is 0 Å². The van der Waals surface area contributed by atoms with Crippen LogP contribution in [0.2, 0.25) is 0 Å². The zero-order valence-corrected chi connectivity index (χ0v) is 18.0. The van der Waals surface area contributed by atoms with Crippen molar-refractivity contribution in [2.75, 3.05) is 11.9 Å². The summed E-state index contributed by atoms with van der Waals surface area (Å²) in [5.74, 6) is 0.294. The topological polar surface area (TPSA) is 97.2 Å². The minimum Gasteiger partial charge on any atom is -0.493 e. The fourth-order valence-electron chi connectivity index (χ4n) is 3.38. The number of nitrogens with one attached hydrogen (secondary N) is 1. The Kier molecular flexibility index (Phi) is 7.22. The number of anilines is 1. The molecule has 33 heavy (non-hydrogen) atoms. The molecule has 0 saturated heterocycles. The van der Waals surface area contributed by atoms with Crippen molar-refractivity contribution in [3.8, 4) is 17.0 Å². The first-order valence-electron chi connectivity index (χ1n) is 10.6. The van der Waals surface area contributed by atoms with E-state index in [9.17, 15) is 9.90 Å². The molecular weight excluding hydrogens is 416 g/mol. The first-order chi connectivity index (χ1) is 16.2. The average molecular weight is 441 g/mol. The first kappa shape index (κ1) is 22.0. The van der Waals surface area contributed by atoms with Crippen LogP contribution in [0.4, 0.5) is 5.82 Å². The number of hydrogen-bond donors (Lipinski definition) is 2. The van der Waals surface area contributed by atoms with Crippen molar-refractivity contribution in [1.82, 2.24) is 15.0 Å². The Bertz CT molecular complexity index is 1170. The van der Waals surface area contributed by atoms with E-state index in [2.05, 4.69) is 20.3 Å². The van der Waals surface area contributed by atoms with Gasteiger partial charge in [-0.15, -0.1) is 0 Å². The third-order valence-electron chi connectivity index (χ3n) is 5.13. The number of benzene rings is 2. The molecule has 2 aromatic carbocycles. The molecule has 4 aromatic rings. The summed E-state index contributed by atoms with van der Waals surface area (Å²) >= 11 is 0. The molecule has 1 atom stereocenters. The third kappa shape index (κ3) is 6.36. The summed E-state index contributed by atoms with van der Waals surface area (Å²) in [4.78, 5) is 24.3.